The fraction of sp³-hybridized carbons (Fsp3) is 0.517. The molecule has 2 aromatic carbocycles. The first-order chi connectivity index (χ1) is 17.2. The minimum atomic E-state index is -3.81. The van der Waals surface area contributed by atoms with Crippen molar-refractivity contribution >= 4 is 18.3 Å². The third-order valence-electron chi connectivity index (χ3n) is 7.78. The molecule has 3 rings (SSSR count). The molecule has 204 valence electrons. The fourth-order valence-electron chi connectivity index (χ4n) is 4.73. The Morgan fingerprint density at radius 3 is 2.19 bits per heavy atom. The highest BCUT2D eigenvalue weighted by Gasteiger charge is 2.47. The molecule has 0 aromatic heterocycles. The summed E-state index contributed by atoms with van der Waals surface area (Å²) in [6.45, 7) is 17.1. The molecule has 0 spiro atoms. The molecule has 0 radical (unpaired) electrons. The van der Waals surface area contributed by atoms with Crippen LogP contribution in [0.25, 0.3) is 0 Å². The fourth-order valence-corrected chi connectivity index (χ4v) is 7.94. The average molecular weight is 546 g/mol. The van der Waals surface area contributed by atoms with Crippen molar-refractivity contribution in [1.82, 2.24) is 4.31 Å². The van der Waals surface area contributed by atoms with Gasteiger partial charge in [0.2, 0.25) is 10.0 Å². The Kier molecular flexibility index (Phi) is 9.00. The topological polar surface area (TPSA) is 65.1 Å². The standard InChI is InChI=1S/C29H43NO5SSi/c1-10-11-23-19-24(35-37(8,9)29(3,4)5)20-26(22-14-17-27(33-6)28(18-22)34-7)30(23)36(31,32)25-15-12-21(2)13-16-25/h10,12-18,23-24,26H,1,11,19-20H2,2-9H3/t23-,24+,26+/m1/s1. The number of ether oxygens (including phenoxy) is 2. The second-order valence-electron chi connectivity index (χ2n) is 11.4. The lowest BCUT2D eigenvalue weighted by Crippen LogP contribution is -2.53. The zero-order valence-corrected chi connectivity index (χ0v) is 25.4. The van der Waals surface area contributed by atoms with Crippen molar-refractivity contribution in [2.24, 2.45) is 0 Å². The first-order valence-corrected chi connectivity index (χ1v) is 17.2. The Hall–Kier alpha value is -2.13. The smallest absolute Gasteiger partial charge is 0.243 e. The molecule has 1 aliphatic rings. The molecule has 1 aliphatic heterocycles. The van der Waals surface area contributed by atoms with E-state index >= 15 is 0 Å². The Bertz CT molecular complexity index is 1190. The van der Waals surface area contributed by atoms with Crippen molar-refractivity contribution in [3.8, 4) is 11.5 Å². The molecule has 1 heterocycles. The second kappa shape index (κ2) is 11.3. The highest BCUT2D eigenvalue weighted by atomic mass is 32.2. The molecule has 37 heavy (non-hydrogen) atoms. The van der Waals surface area contributed by atoms with E-state index in [9.17, 15) is 8.42 Å². The summed E-state index contributed by atoms with van der Waals surface area (Å²) in [4.78, 5) is 0.293. The molecule has 1 fully saturated rings. The lowest BCUT2D eigenvalue weighted by Gasteiger charge is -2.47. The third-order valence-corrected chi connectivity index (χ3v) is 14.3. The third kappa shape index (κ3) is 6.30. The predicted molar refractivity (Wildman–Crippen MR) is 152 cm³/mol. The number of benzene rings is 2. The number of aryl methyl sites for hydroxylation is 1. The molecule has 0 saturated carbocycles. The number of hydrogen-bond donors (Lipinski definition) is 0. The van der Waals surface area contributed by atoms with E-state index in [1.807, 2.05) is 43.3 Å². The number of sulfonamides is 1. The molecule has 0 unspecified atom stereocenters. The second-order valence-corrected chi connectivity index (χ2v) is 18.0. The van der Waals surface area contributed by atoms with Gasteiger partial charge in [0.05, 0.1) is 25.2 Å². The van der Waals surface area contributed by atoms with Crippen LogP contribution in [0.2, 0.25) is 18.1 Å². The van der Waals surface area contributed by atoms with Gasteiger partial charge in [-0.15, -0.1) is 6.58 Å². The first-order valence-electron chi connectivity index (χ1n) is 12.9. The van der Waals surface area contributed by atoms with Gasteiger partial charge in [0.15, 0.2) is 19.8 Å². The van der Waals surface area contributed by atoms with Crippen LogP contribution in [0.15, 0.2) is 60.0 Å². The summed E-state index contributed by atoms with van der Waals surface area (Å²) in [7, 11) is -2.71. The van der Waals surface area contributed by atoms with Gasteiger partial charge in [-0.2, -0.15) is 4.31 Å². The van der Waals surface area contributed by atoms with E-state index in [1.54, 1.807) is 30.7 Å². The molecule has 0 aliphatic carbocycles. The molecular weight excluding hydrogens is 502 g/mol. The number of piperidine rings is 1. The van der Waals surface area contributed by atoms with Crippen molar-refractivity contribution < 1.29 is 22.3 Å². The van der Waals surface area contributed by atoms with E-state index in [1.165, 1.54) is 0 Å². The summed E-state index contributed by atoms with van der Waals surface area (Å²) < 4.78 is 48.0. The zero-order valence-electron chi connectivity index (χ0n) is 23.6. The molecule has 0 N–H and O–H groups in total. The molecular formula is C29H43NO5SSi. The molecule has 0 amide bonds. The lowest BCUT2D eigenvalue weighted by molar-refractivity contribution is 0.0543. The van der Waals surface area contributed by atoms with Gasteiger partial charge in [-0.1, -0.05) is 50.6 Å². The van der Waals surface area contributed by atoms with E-state index in [2.05, 4.69) is 40.4 Å². The van der Waals surface area contributed by atoms with Crippen molar-refractivity contribution in [3.63, 3.8) is 0 Å². The average Bonchev–Trinajstić information content (AvgIpc) is 2.82. The summed E-state index contributed by atoms with van der Waals surface area (Å²) in [5.41, 5.74) is 1.87. The monoisotopic (exact) mass is 545 g/mol. The van der Waals surface area contributed by atoms with Crippen LogP contribution in [0.3, 0.4) is 0 Å². The summed E-state index contributed by atoms with van der Waals surface area (Å²) >= 11 is 0. The number of hydrogen-bond acceptors (Lipinski definition) is 5. The van der Waals surface area contributed by atoms with E-state index in [0.717, 1.165) is 11.1 Å². The van der Waals surface area contributed by atoms with E-state index in [0.29, 0.717) is 35.7 Å². The van der Waals surface area contributed by atoms with Gasteiger partial charge < -0.3 is 13.9 Å². The van der Waals surface area contributed by atoms with Gasteiger partial charge in [-0.05, 0) is 74.1 Å². The SMILES string of the molecule is C=CC[C@@H]1C[C@H](O[Si](C)(C)C(C)(C)C)C[C@@H](c2ccc(OC)c(OC)c2)N1S(=O)(=O)c1ccc(C)cc1. The van der Waals surface area contributed by atoms with Gasteiger partial charge in [0.25, 0.3) is 0 Å². The van der Waals surface area contributed by atoms with Gasteiger partial charge >= 0.3 is 0 Å². The maximum Gasteiger partial charge on any atom is 0.243 e. The van der Waals surface area contributed by atoms with Crippen LogP contribution < -0.4 is 9.47 Å². The number of methoxy groups -OCH3 is 2. The van der Waals surface area contributed by atoms with Gasteiger partial charge in [0, 0.05) is 12.1 Å². The van der Waals surface area contributed by atoms with Crippen LogP contribution in [-0.2, 0) is 14.4 Å². The lowest BCUT2D eigenvalue weighted by atomic mass is 9.90. The van der Waals surface area contributed by atoms with Crippen molar-refractivity contribution in [2.45, 2.75) is 88.2 Å². The van der Waals surface area contributed by atoms with Crippen LogP contribution in [0, 0.1) is 6.92 Å². The number of nitrogens with zero attached hydrogens (tertiary/aromatic N) is 1. The summed E-state index contributed by atoms with van der Waals surface area (Å²) in [5, 5.41) is 0.0465. The highest BCUT2D eigenvalue weighted by molar-refractivity contribution is 7.89. The van der Waals surface area contributed by atoms with E-state index in [-0.39, 0.29) is 17.2 Å². The van der Waals surface area contributed by atoms with Crippen LogP contribution in [-0.4, -0.2) is 47.4 Å². The van der Waals surface area contributed by atoms with Gasteiger partial charge in [-0.25, -0.2) is 8.42 Å². The van der Waals surface area contributed by atoms with E-state index in [4.69, 9.17) is 13.9 Å². The zero-order chi connectivity index (χ0) is 27.6. The normalized spacial score (nSPS) is 21.5. The Morgan fingerprint density at radius 2 is 1.65 bits per heavy atom. The number of rotatable bonds is 9. The summed E-state index contributed by atoms with van der Waals surface area (Å²) in [6, 6.07) is 12.0. The van der Waals surface area contributed by atoms with Crippen molar-refractivity contribution in [2.75, 3.05) is 14.2 Å². The Balaban J connectivity index is 2.15. The van der Waals surface area contributed by atoms with Crippen molar-refractivity contribution in [3.05, 3.63) is 66.2 Å². The van der Waals surface area contributed by atoms with Crippen LogP contribution in [0.5, 0.6) is 11.5 Å². The van der Waals surface area contributed by atoms with Gasteiger partial charge in [-0.3, -0.25) is 0 Å². The predicted octanol–water partition coefficient (Wildman–Crippen LogP) is 6.87. The van der Waals surface area contributed by atoms with Crippen LogP contribution >= 0.6 is 0 Å². The Morgan fingerprint density at radius 1 is 1.03 bits per heavy atom. The largest absolute Gasteiger partial charge is 0.493 e. The maximum atomic E-state index is 14.2. The summed E-state index contributed by atoms with van der Waals surface area (Å²) in [6.07, 6.45) is 3.44. The van der Waals surface area contributed by atoms with E-state index < -0.39 is 24.4 Å². The first kappa shape index (κ1) is 29.4. The molecule has 3 atom stereocenters. The minimum Gasteiger partial charge on any atom is -0.493 e. The van der Waals surface area contributed by atoms with Crippen molar-refractivity contribution in [1.29, 1.82) is 0 Å². The highest BCUT2D eigenvalue weighted by Crippen LogP contribution is 2.45. The summed E-state index contributed by atoms with van der Waals surface area (Å²) in [5.74, 6) is 1.17. The maximum absolute atomic E-state index is 14.2. The quantitative estimate of drug-likeness (QED) is 0.254. The van der Waals surface area contributed by atoms with Gasteiger partial charge in [0.1, 0.15) is 0 Å². The molecule has 1 saturated heterocycles. The molecule has 6 nitrogen and oxygen atoms in total. The Labute approximate surface area is 224 Å². The van der Waals surface area contributed by atoms with Crippen LogP contribution in [0.4, 0.5) is 0 Å². The minimum absolute atomic E-state index is 0.0465. The van der Waals surface area contributed by atoms with Crippen LogP contribution in [0.1, 0.15) is 57.2 Å². The molecule has 0 bridgehead atoms. The molecule has 2 aromatic rings. The molecule has 8 heteroatoms.